The summed E-state index contributed by atoms with van der Waals surface area (Å²) in [6.45, 7) is 4.18. The number of para-hydroxylation sites is 1. The normalized spacial score (nSPS) is 15.4. The highest BCUT2D eigenvalue weighted by atomic mass is 32.1. The highest BCUT2D eigenvalue weighted by molar-refractivity contribution is 7.11. The third kappa shape index (κ3) is 3.70. The summed E-state index contributed by atoms with van der Waals surface area (Å²) in [5.41, 5.74) is 5.12. The third-order valence-corrected chi connectivity index (χ3v) is 6.06. The fourth-order valence-corrected chi connectivity index (χ4v) is 4.64. The van der Waals surface area contributed by atoms with Crippen LogP contribution >= 0.6 is 11.3 Å². The topological polar surface area (TPSA) is 61.3 Å². The molecule has 3 heterocycles. The van der Waals surface area contributed by atoms with Crippen molar-refractivity contribution in [3.63, 3.8) is 0 Å². The minimum Gasteiger partial charge on any atom is -0.487 e. The van der Waals surface area contributed by atoms with Crippen LogP contribution < -0.4 is 4.74 Å². The van der Waals surface area contributed by atoms with Gasteiger partial charge in [0.25, 0.3) is 0 Å². The summed E-state index contributed by atoms with van der Waals surface area (Å²) in [6, 6.07) is 19.5. The zero-order valence-corrected chi connectivity index (χ0v) is 18.0. The summed E-state index contributed by atoms with van der Waals surface area (Å²) < 4.78 is 11.6. The van der Waals surface area contributed by atoms with E-state index in [0.29, 0.717) is 17.9 Å². The molecule has 2 aromatic carbocycles. The monoisotopic (exact) mass is 428 g/mol. The standard InChI is InChI=1S/C25H20N2O3S/c1-25(2)23(21-13-26-15-31-21)22(24(28)30-25)17-8-11-19(12-9-17)29-14-18-10-7-16-5-3-4-6-20(16)27-18/h3-13,15H,14H2,1-2H3. The Morgan fingerprint density at radius 2 is 1.84 bits per heavy atom. The molecule has 5 nitrogen and oxygen atoms in total. The minimum absolute atomic E-state index is 0.317. The predicted molar refractivity (Wildman–Crippen MR) is 122 cm³/mol. The summed E-state index contributed by atoms with van der Waals surface area (Å²) in [4.78, 5) is 22.4. The number of hydrogen-bond donors (Lipinski definition) is 0. The van der Waals surface area contributed by atoms with Crippen LogP contribution in [0.4, 0.5) is 0 Å². The average molecular weight is 429 g/mol. The van der Waals surface area contributed by atoms with Crippen LogP contribution in [-0.4, -0.2) is 21.5 Å². The number of rotatable bonds is 5. The van der Waals surface area contributed by atoms with E-state index in [1.807, 2.05) is 74.5 Å². The van der Waals surface area contributed by atoms with Crippen molar-refractivity contribution in [2.75, 3.05) is 0 Å². The van der Waals surface area contributed by atoms with Gasteiger partial charge >= 0.3 is 5.97 Å². The fraction of sp³-hybridized carbons (Fsp3) is 0.160. The Morgan fingerprint density at radius 3 is 2.61 bits per heavy atom. The summed E-state index contributed by atoms with van der Waals surface area (Å²) in [5.74, 6) is 0.395. The van der Waals surface area contributed by atoms with Crippen molar-refractivity contribution in [3.05, 3.63) is 88.5 Å². The third-order valence-electron chi connectivity index (χ3n) is 5.27. The molecule has 31 heavy (non-hydrogen) atoms. The minimum atomic E-state index is -0.699. The number of pyridine rings is 1. The molecule has 0 amide bonds. The molecule has 0 fully saturated rings. The van der Waals surface area contributed by atoms with Gasteiger partial charge in [0.15, 0.2) is 0 Å². The summed E-state index contributed by atoms with van der Waals surface area (Å²) in [6.07, 6.45) is 1.78. The predicted octanol–water partition coefficient (Wildman–Crippen LogP) is 5.52. The van der Waals surface area contributed by atoms with Gasteiger partial charge in [0, 0.05) is 17.2 Å². The van der Waals surface area contributed by atoms with Crippen molar-refractivity contribution in [1.82, 2.24) is 9.97 Å². The van der Waals surface area contributed by atoms with Gasteiger partial charge < -0.3 is 9.47 Å². The highest BCUT2D eigenvalue weighted by Gasteiger charge is 2.42. The molecule has 1 aliphatic rings. The molecule has 0 saturated carbocycles. The van der Waals surface area contributed by atoms with Gasteiger partial charge in [-0.15, -0.1) is 11.3 Å². The zero-order valence-electron chi connectivity index (χ0n) is 17.2. The van der Waals surface area contributed by atoms with E-state index < -0.39 is 5.60 Å². The van der Waals surface area contributed by atoms with Crippen LogP contribution in [0.1, 0.15) is 30.0 Å². The number of carbonyl (C=O) groups excluding carboxylic acids is 1. The van der Waals surface area contributed by atoms with E-state index in [9.17, 15) is 4.79 Å². The molecule has 0 bridgehead atoms. The molecule has 0 radical (unpaired) electrons. The highest BCUT2D eigenvalue weighted by Crippen LogP contribution is 2.44. The van der Waals surface area contributed by atoms with Crippen molar-refractivity contribution in [1.29, 1.82) is 0 Å². The Morgan fingerprint density at radius 1 is 1.03 bits per heavy atom. The van der Waals surface area contributed by atoms with Gasteiger partial charge in [-0.2, -0.15) is 0 Å². The molecule has 1 aliphatic heterocycles. The molecule has 154 valence electrons. The van der Waals surface area contributed by atoms with Crippen LogP contribution in [0.25, 0.3) is 22.0 Å². The van der Waals surface area contributed by atoms with Crippen LogP contribution in [0.3, 0.4) is 0 Å². The lowest BCUT2D eigenvalue weighted by atomic mass is 9.91. The molecular weight excluding hydrogens is 408 g/mol. The number of thiazole rings is 1. The molecule has 0 aliphatic carbocycles. The SMILES string of the molecule is CC1(C)OC(=O)C(c2ccc(OCc3ccc4ccccc4n3)cc2)=C1c1cncs1. The van der Waals surface area contributed by atoms with Gasteiger partial charge in [-0.3, -0.25) is 4.98 Å². The molecule has 6 heteroatoms. The molecule has 0 spiro atoms. The van der Waals surface area contributed by atoms with E-state index in [1.165, 1.54) is 11.3 Å². The lowest BCUT2D eigenvalue weighted by Gasteiger charge is -2.20. The summed E-state index contributed by atoms with van der Waals surface area (Å²) in [5, 5.41) is 1.10. The molecule has 0 unspecified atom stereocenters. The van der Waals surface area contributed by atoms with Gasteiger partial charge in [0.05, 0.1) is 27.2 Å². The van der Waals surface area contributed by atoms with E-state index in [1.54, 1.807) is 11.7 Å². The Bertz CT molecular complexity index is 1290. The quantitative estimate of drug-likeness (QED) is 0.392. The lowest BCUT2D eigenvalue weighted by molar-refractivity contribution is -0.141. The van der Waals surface area contributed by atoms with Gasteiger partial charge in [-0.05, 0) is 43.7 Å². The number of esters is 1. The van der Waals surface area contributed by atoms with Crippen LogP contribution in [0.2, 0.25) is 0 Å². The molecule has 0 saturated heterocycles. The number of carbonyl (C=O) groups is 1. The largest absolute Gasteiger partial charge is 0.487 e. The molecule has 0 N–H and O–H groups in total. The molecular formula is C25H20N2O3S. The first kappa shape index (κ1) is 19.5. The van der Waals surface area contributed by atoms with Crippen LogP contribution in [0, 0.1) is 0 Å². The maximum absolute atomic E-state index is 12.7. The second kappa shape index (κ2) is 7.63. The van der Waals surface area contributed by atoms with Gasteiger partial charge in [-0.25, -0.2) is 9.78 Å². The number of cyclic esters (lactones) is 1. The van der Waals surface area contributed by atoms with Crippen molar-refractivity contribution < 1.29 is 14.3 Å². The second-order valence-electron chi connectivity index (χ2n) is 7.82. The Balaban J connectivity index is 1.39. The first-order valence-electron chi connectivity index (χ1n) is 9.96. The van der Waals surface area contributed by atoms with Crippen LogP contribution in [-0.2, 0) is 16.1 Å². The van der Waals surface area contributed by atoms with Crippen molar-refractivity contribution >= 4 is 39.4 Å². The maximum Gasteiger partial charge on any atom is 0.340 e. The lowest BCUT2D eigenvalue weighted by Crippen LogP contribution is -2.21. The average Bonchev–Trinajstić information content (AvgIpc) is 3.37. The first-order valence-corrected chi connectivity index (χ1v) is 10.8. The van der Waals surface area contributed by atoms with Gasteiger partial charge in [-0.1, -0.05) is 36.4 Å². The zero-order chi connectivity index (χ0) is 21.4. The smallest absolute Gasteiger partial charge is 0.340 e. The van der Waals surface area contributed by atoms with E-state index >= 15 is 0 Å². The van der Waals surface area contributed by atoms with Gasteiger partial charge in [0.1, 0.15) is 18.0 Å². The Labute approximate surface area is 184 Å². The number of benzene rings is 2. The molecule has 5 rings (SSSR count). The van der Waals surface area contributed by atoms with E-state index in [0.717, 1.165) is 32.6 Å². The first-order chi connectivity index (χ1) is 15.0. The number of fused-ring (bicyclic) bond motifs is 1. The number of aromatic nitrogens is 2. The molecule has 0 atom stereocenters. The number of ether oxygens (including phenoxy) is 2. The second-order valence-corrected chi connectivity index (χ2v) is 8.71. The van der Waals surface area contributed by atoms with E-state index in [-0.39, 0.29) is 5.97 Å². The fourth-order valence-electron chi connectivity index (χ4n) is 3.82. The van der Waals surface area contributed by atoms with Crippen molar-refractivity contribution in [2.24, 2.45) is 0 Å². The Kier molecular flexibility index (Phi) is 4.79. The van der Waals surface area contributed by atoms with Crippen LogP contribution in [0.15, 0.2) is 72.4 Å². The van der Waals surface area contributed by atoms with E-state index in [4.69, 9.17) is 9.47 Å². The number of hydrogen-bond acceptors (Lipinski definition) is 6. The maximum atomic E-state index is 12.7. The van der Waals surface area contributed by atoms with E-state index in [2.05, 4.69) is 9.97 Å². The van der Waals surface area contributed by atoms with Gasteiger partial charge in [0.2, 0.25) is 0 Å². The van der Waals surface area contributed by atoms with Crippen molar-refractivity contribution in [2.45, 2.75) is 26.1 Å². The van der Waals surface area contributed by atoms with Crippen molar-refractivity contribution in [3.8, 4) is 5.75 Å². The number of nitrogens with zero attached hydrogens (tertiary/aromatic N) is 2. The Hall–Kier alpha value is -3.51. The summed E-state index contributed by atoms with van der Waals surface area (Å²) in [7, 11) is 0. The molecule has 4 aromatic rings. The van der Waals surface area contributed by atoms with Crippen LogP contribution in [0.5, 0.6) is 5.75 Å². The summed E-state index contributed by atoms with van der Waals surface area (Å²) >= 11 is 1.50. The molecule has 2 aromatic heterocycles.